The topological polar surface area (TPSA) is 67.4 Å². The summed E-state index contributed by atoms with van der Waals surface area (Å²) in [6.45, 7) is 1.39. The van der Waals surface area contributed by atoms with E-state index in [4.69, 9.17) is 0 Å². The smallest absolute Gasteiger partial charge is 0.330 e. The number of carbonyl (C=O) groups excluding carboxylic acids is 2. The lowest BCUT2D eigenvalue weighted by Gasteiger charge is -2.17. The Hall–Kier alpha value is -1.63. The molecule has 0 bridgehead atoms. The Bertz CT molecular complexity index is 482. The third kappa shape index (κ3) is 4.86. The molecule has 19 heavy (non-hydrogen) atoms. The molecule has 1 aromatic rings. The van der Waals surface area contributed by atoms with Gasteiger partial charge in [0, 0.05) is 17.9 Å². The number of benzene rings is 1. The summed E-state index contributed by atoms with van der Waals surface area (Å²) < 4.78 is 18.3. The van der Waals surface area contributed by atoms with Gasteiger partial charge in [-0.15, -0.1) is 0 Å². The number of esters is 1. The van der Waals surface area contributed by atoms with Crippen LogP contribution in [0.15, 0.2) is 22.7 Å². The van der Waals surface area contributed by atoms with Gasteiger partial charge in [0.25, 0.3) is 0 Å². The highest BCUT2D eigenvalue weighted by atomic mass is 79.9. The van der Waals surface area contributed by atoms with Crippen LogP contribution >= 0.6 is 15.9 Å². The fraction of sp³-hybridized carbons (Fsp3) is 0.333. The fourth-order valence-corrected chi connectivity index (χ4v) is 1.81. The molecule has 0 aromatic heterocycles. The van der Waals surface area contributed by atoms with Gasteiger partial charge >= 0.3 is 5.97 Å². The average molecular weight is 333 g/mol. The van der Waals surface area contributed by atoms with Crippen molar-refractivity contribution in [2.75, 3.05) is 19.0 Å². The Labute approximate surface area is 118 Å². The summed E-state index contributed by atoms with van der Waals surface area (Å²) in [5.41, 5.74) is 0.485. The molecule has 7 heteroatoms. The number of hydrogen-bond acceptors (Lipinski definition) is 4. The lowest BCUT2D eigenvalue weighted by atomic mass is 10.2. The maximum atomic E-state index is 13.1. The van der Waals surface area contributed by atoms with E-state index in [0.717, 1.165) is 0 Å². The number of anilines is 1. The zero-order chi connectivity index (χ0) is 14.4. The van der Waals surface area contributed by atoms with Crippen molar-refractivity contribution >= 4 is 33.5 Å². The van der Waals surface area contributed by atoms with E-state index in [-0.39, 0.29) is 12.5 Å². The highest BCUT2D eigenvalue weighted by molar-refractivity contribution is 9.10. The number of halogens is 2. The minimum atomic E-state index is -0.835. The maximum absolute atomic E-state index is 13.1. The zero-order valence-corrected chi connectivity index (χ0v) is 12.1. The average Bonchev–Trinajstić information content (AvgIpc) is 2.36. The molecule has 5 nitrogen and oxygen atoms in total. The molecule has 0 aliphatic carbocycles. The van der Waals surface area contributed by atoms with Gasteiger partial charge in [-0.1, -0.05) is 0 Å². The predicted octanol–water partition coefficient (Wildman–Crippen LogP) is 1.68. The van der Waals surface area contributed by atoms with Crippen LogP contribution in [0, 0.1) is 5.82 Å². The second-order valence-corrected chi connectivity index (χ2v) is 4.64. The van der Waals surface area contributed by atoms with Crippen LogP contribution in [0.4, 0.5) is 10.1 Å². The molecule has 0 aliphatic heterocycles. The molecule has 1 atom stereocenters. The minimum Gasteiger partial charge on any atom is -0.467 e. The predicted molar refractivity (Wildman–Crippen MR) is 72.2 cm³/mol. The summed E-state index contributed by atoms with van der Waals surface area (Å²) in [6.07, 6.45) is 0. The molecular weight excluding hydrogens is 319 g/mol. The SMILES string of the molecule is COC(=O)C(CNc1cc(F)ccc1Br)NC(C)=O. The van der Waals surface area contributed by atoms with Crippen LogP contribution in [-0.2, 0) is 14.3 Å². The number of amides is 1. The van der Waals surface area contributed by atoms with Gasteiger partial charge in [-0.3, -0.25) is 4.79 Å². The van der Waals surface area contributed by atoms with Crippen molar-refractivity contribution in [3.05, 3.63) is 28.5 Å². The maximum Gasteiger partial charge on any atom is 0.330 e. The van der Waals surface area contributed by atoms with Crippen molar-refractivity contribution < 1.29 is 18.7 Å². The van der Waals surface area contributed by atoms with E-state index >= 15 is 0 Å². The van der Waals surface area contributed by atoms with Gasteiger partial charge in [0.2, 0.25) is 5.91 Å². The Morgan fingerprint density at radius 3 is 2.74 bits per heavy atom. The van der Waals surface area contributed by atoms with Gasteiger partial charge in [-0.05, 0) is 34.1 Å². The van der Waals surface area contributed by atoms with Crippen LogP contribution in [0.1, 0.15) is 6.92 Å². The van der Waals surface area contributed by atoms with Crippen molar-refractivity contribution in [1.29, 1.82) is 0 Å². The molecule has 0 radical (unpaired) electrons. The number of hydrogen-bond donors (Lipinski definition) is 2. The van der Waals surface area contributed by atoms with E-state index in [1.165, 1.54) is 26.2 Å². The number of carbonyl (C=O) groups is 2. The molecule has 0 spiro atoms. The molecule has 1 rings (SSSR count). The summed E-state index contributed by atoms with van der Waals surface area (Å²) in [4.78, 5) is 22.4. The van der Waals surface area contributed by atoms with Crippen molar-refractivity contribution in [2.24, 2.45) is 0 Å². The van der Waals surface area contributed by atoms with Crippen molar-refractivity contribution in [3.63, 3.8) is 0 Å². The van der Waals surface area contributed by atoms with Crippen molar-refractivity contribution in [3.8, 4) is 0 Å². The first kappa shape index (κ1) is 15.4. The number of nitrogens with one attached hydrogen (secondary N) is 2. The van der Waals surface area contributed by atoms with Crippen LogP contribution in [0.25, 0.3) is 0 Å². The fourth-order valence-electron chi connectivity index (χ4n) is 1.43. The third-order valence-corrected chi connectivity index (χ3v) is 2.98. The van der Waals surface area contributed by atoms with Gasteiger partial charge in [0.05, 0.1) is 12.8 Å². The second kappa shape index (κ2) is 7.08. The Balaban J connectivity index is 2.72. The van der Waals surface area contributed by atoms with E-state index in [1.54, 1.807) is 6.07 Å². The van der Waals surface area contributed by atoms with E-state index in [0.29, 0.717) is 10.2 Å². The standard InChI is InChI=1S/C12H14BrFN2O3/c1-7(17)16-11(12(18)19-2)6-15-10-5-8(14)3-4-9(10)13/h3-5,11,15H,6H2,1-2H3,(H,16,17). The van der Waals surface area contributed by atoms with Crippen LogP contribution in [0.5, 0.6) is 0 Å². The summed E-state index contributed by atoms with van der Waals surface area (Å²) in [7, 11) is 1.23. The number of methoxy groups -OCH3 is 1. The van der Waals surface area contributed by atoms with Gasteiger partial charge < -0.3 is 15.4 Å². The van der Waals surface area contributed by atoms with Crippen LogP contribution in [-0.4, -0.2) is 31.6 Å². The molecule has 1 unspecified atom stereocenters. The molecule has 1 aromatic carbocycles. The van der Waals surface area contributed by atoms with Crippen LogP contribution in [0.3, 0.4) is 0 Å². The molecule has 104 valence electrons. The van der Waals surface area contributed by atoms with E-state index < -0.39 is 17.8 Å². The first-order valence-corrected chi connectivity index (χ1v) is 6.27. The summed E-state index contributed by atoms with van der Waals surface area (Å²) in [5.74, 6) is -1.33. The first-order chi connectivity index (χ1) is 8.93. The van der Waals surface area contributed by atoms with Gasteiger partial charge in [0.15, 0.2) is 0 Å². The van der Waals surface area contributed by atoms with E-state index in [1.807, 2.05) is 0 Å². The molecule has 0 heterocycles. The Kier molecular flexibility index (Phi) is 5.75. The number of rotatable bonds is 5. The van der Waals surface area contributed by atoms with Gasteiger partial charge in [-0.2, -0.15) is 0 Å². The van der Waals surface area contributed by atoms with Gasteiger partial charge in [-0.25, -0.2) is 9.18 Å². The van der Waals surface area contributed by atoms with E-state index in [9.17, 15) is 14.0 Å². The highest BCUT2D eigenvalue weighted by Crippen LogP contribution is 2.22. The summed E-state index contributed by atoms with van der Waals surface area (Å²) in [5, 5.41) is 5.32. The second-order valence-electron chi connectivity index (χ2n) is 3.78. The van der Waals surface area contributed by atoms with Crippen LogP contribution < -0.4 is 10.6 Å². The minimum absolute atomic E-state index is 0.0916. The molecule has 0 saturated heterocycles. The van der Waals surface area contributed by atoms with E-state index in [2.05, 4.69) is 31.3 Å². The lowest BCUT2D eigenvalue weighted by Crippen LogP contribution is -2.45. The first-order valence-electron chi connectivity index (χ1n) is 5.48. The molecule has 0 aliphatic rings. The quantitative estimate of drug-likeness (QED) is 0.805. The summed E-state index contributed by atoms with van der Waals surface area (Å²) >= 11 is 3.25. The zero-order valence-electron chi connectivity index (χ0n) is 10.5. The monoisotopic (exact) mass is 332 g/mol. The van der Waals surface area contributed by atoms with Crippen molar-refractivity contribution in [2.45, 2.75) is 13.0 Å². The molecule has 0 saturated carbocycles. The summed E-state index contributed by atoms with van der Waals surface area (Å²) in [6, 6.07) is 3.30. The highest BCUT2D eigenvalue weighted by Gasteiger charge is 2.20. The Morgan fingerprint density at radius 2 is 2.16 bits per heavy atom. The van der Waals surface area contributed by atoms with Crippen molar-refractivity contribution in [1.82, 2.24) is 5.32 Å². The largest absolute Gasteiger partial charge is 0.467 e. The normalized spacial score (nSPS) is 11.6. The molecule has 2 N–H and O–H groups in total. The Morgan fingerprint density at radius 1 is 1.47 bits per heavy atom. The van der Waals surface area contributed by atoms with Gasteiger partial charge in [0.1, 0.15) is 11.9 Å². The number of ether oxygens (including phenoxy) is 1. The molecular formula is C12H14BrFN2O3. The van der Waals surface area contributed by atoms with Crippen LogP contribution in [0.2, 0.25) is 0 Å². The third-order valence-electron chi connectivity index (χ3n) is 2.29. The molecule has 1 amide bonds. The lowest BCUT2D eigenvalue weighted by molar-refractivity contribution is -0.144. The molecule has 0 fully saturated rings.